The van der Waals surface area contributed by atoms with Gasteiger partial charge in [0.1, 0.15) is 0 Å². The minimum Gasteiger partial charge on any atom is -0.481 e. The molecule has 0 saturated heterocycles. The minimum absolute atomic E-state index is 0.337. The van der Waals surface area contributed by atoms with E-state index in [4.69, 9.17) is 5.11 Å². The van der Waals surface area contributed by atoms with E-state index in [1.54, 1.807) is 0 Å². The van der Waals surface area contributed by atoms with Crippen molar-refractivity contribution in [3.8, 4) is 0 Å². The van der Waals surface area contributed by atoms with Gasteiger partial charge in [-0.05, 0) is 6.42 Å². The van der Waals surface area contributed by atoms with Gasteiger partial charge in [-0.1, -0.05) is 111 Å². The van der Waals surface area contributed by atoms with Crippen LogP contribution in [0.2, 0.25) is 0 Å². The van der Waals surface area contributed by atoms with Crippen molar-refractivity contribution >= 4 is 5.97 Å². The molecule has 0 radical (unpaired) electrons. The van der Waals surface area contributed by atoms with Crippen LogP contribution in [-0.2, 0) is 4.79 Å². The summed E-state index contributed by atoms with van der Waals surface area (Å²) in [6.07, 6.45) is 20.3. The van der Waals surface area contributed by atoms with Crippen LogP contribution in [0.5, 0.6) is 0 Å². The molecule has 0 fully saturated rings. The highest BCUT2D eigenvalue weighted by Crippen LogP contribution is 2.09. The fourth-order valence-electron chi connectivity index (χ4n) is 2.44. The number of hydrogen-bond donors (Lipinski definition) is 1. The van der Waals surface area contributed by atoms with Gasteiger partial charge in [0.05, 0.1) is 0 Å². The topological polar surface area (TPSA) is 37.3 Å². The molecule has 0 amide bonds. The quantitative estimate of drug-likeness (QED) is 0.321. The van der Waals surface area contributed by atoms with Crippen molar-refractivity contribution in [2.75, 3.05) is 0 Å². The first-order chi connectivity index (χ1) is 10.7. The Labute approximate surface area is 140 Å². The predicted octanol–water partition coefficient (Wildman–Crippen LogP) is 7.36. The fourth-order valence-corrected chi connectivity index (χ4v) is 2.44. The standard InChI is InChI=1S/C12H26.C8H16O2/c1-3-5-7-9-11-12-10-8-6-4-2;1-2-3-4-5-6-7-8(9)10/h3-12H2,1-2H3;2-7H2,1H3,(H,9,10). The molecule has 134 valence electrons. The van der Waals surface area contributed by atoms with Crippen molar-refractivity contribution in [2.45, 2.75) is 124 Å². The van der Waals surface area contributed by atoms with Gasteiger partial charge >= 0.3 is 5.97 Å². The number of carboxylic acid groups (broad SMARTS) is 1. The normalized spacial score (nSPS) is 10.1. The SMILES string of the molecule is CCCCCCCC(=O)O.CCCCCCCCCCCC. The molecule has 0 heterocycles. The molecule has 0 aromatic carbocycles. The third-order valence-electron chi connectivity index (χ3n) is 3.95. The third kappa shape index (κ3) is 27.8. The highest BCUT2D eigenvalue weighted by atomic mass is 16.4. The van der Waals surface area contributed by atoms with Gasteiger partial charge in [-0.3, -0.25) is 4.79 Å². The van der Waals surface area contributed by atoms with E-state index in [2.05, 4.69) is 20.8 Å². The average molecular weight is 315 g/mol. The van der Waals surface area contributed by atoms with Crippen molar-refractivity contribution in [3.05, 3.63) is 0 Å². The van der Waals surface area contributed by atoms with Gasteiger partial charge in [0.15, 0.2) is 0 Å². The number of unbranched alkanes of at least 4 members (excludes halogenated alkanes) is 13. The fraction of sp³-hybridized carbons (Fsp3) is 0.950. The van der Waals surface area contributed by atoms with Crippen LogP contribution in [0.25, 0.3) is 0 Å². The van der Waals surface area contributed by atoms with Crippen LogP contribution >= 0.6 is 0 Å². The predicted molar refractivity (Wildman–Crippen MR) is 98.5 cm³/mol. The molecule has 0 aliphatic heterocycles. The Balaban J connectivity index is 0. The number of rotatable bonds is 15. The first-order valence-corrected chi connectivity index (χ1v) is 9.90. The summed E-state index contributed by atoms with van der Waals surface area (Å²) in [6.45, 7) is 6.71. The second-order valence-electron chi connectivity index (χ2n) is 6.39. The zero-order valence-electron chi connectivity index (χ0n) is 15.7. The highest BCUT2D eigenvalue weighted by molar-refractivity contribution is 5.66. The van der Waals surface area contributed by atoms with Crippen molar-refractivity contribution in [3.63, 3.8) is 0 Å². The average Bonchev–Trinajstić information content (AvgIpc) is 2.50. The first kappa shape index (κ1) is 23.7. The van der Waals surface area contributed by atoms with E-state index in [1.165, 1.54) is 83.5 Å². The van der Waals surface area contributed by atoms with Crippen LogP contribution in [0.1, 0.15) is 124 Å². The molecule has 2 nitrogen and oxygen atoms in total. The summed E-state index contributed by atoms with van der Waals surface area (Å²) in [5, 5.41) is 8.27. The summed E-state index contributed by atoms with van der Waals surface area (Å²) in [5.74, 6) is -0.670. The summed E-state index contributed by atoms with van der Waals surface area (Å²) >= 11 is 0. The summed E-state index contributed by atoms with van der Waals surface area (Å²) < 4.78 is 0. The molecule has 0 aliphatic carbocycles. The third-order valence-corrected chi connectivity index (χ3v) is 3.95. The van der Waals surface area contributed by atoms with E-state index < -0.39 is 5.97 Å². The van der Waals surface area contributed by atoms with Gasteiger partial charge in [0, 0.05) is 6.42 Å². The van der Waals surface area contributed by atoms with Crippen LogP contribution in [0.3, 0.4) is 0 Å². The Kier molecular flexibility index (Phi) is 24.5. The molecule has 0 spiro atoms. The van der Waals surface area contributed by atoms with E-state index in [0.29, 0.717) is 6.42 Å². The highest BCUT2D eigenvalue weighted by Gasteiger charge is 1.94. The lowest BCUT2D eigenvalue weighted by atomic mass is 10.1. The summed E-state index contributed by atoms with van der Waals surface area (Å²) in [7, 11) is 0. The molecule has 0 aliphatic rings. The van der Waals surface area contributed by atoms with Gasteiger partial charge in [-0.15, -0.1) is 0 Å². The Hall–Kier alpha value is -0.530. The van der Waals surface area contributed by atoms with Crippen molar-refractivity contribution in [1.29, 1.82) is 0 Å². The zero-order chi connectivity index (χ0) is 16.9. The molecule has 0 unspecified atom stereocenters. The molecule has 0 atom stereocenters. The van der Waals surface area contributed by atoms with Crippen LogP contribution in [0, 0.1) is 0 Å². The van der Waals surface area contributed by atoms with E-state index in [1.807, 2.05) is 0 Å². The van der Waals surface area contributed by atoms with Gasteiger partial charge in [-0.2, -0.15) is 0 Å². The van der Waals surface area contributed by atoms with Crippen LogP contribution in [-0.4, -0.2) is 11.1 Å². The lowest BCUT2D eigenvalue weighted by Crippen LogP contribution is -1.93. The maximum absolute atomic E-state index is 10.0. The van der Waals surface area contributed by atoms with Gasteiger partial charge < -0.3 is 5.11 Å². The van der Waals surface area contributed by atoms with Gasteiger partial charge in [0.2, 0.25) is 0 Å². The summed E-state index contributed by atoms with van der Waals surface area (Å²) in [5.41, 5.74) is 0. The summed E-state index contributed by atoms with van der Waals surface area (Å²) in [4.78, 5) is 10.0. The number of carboxylic acids is 1. The van der Waals surface area contributed by atoms with Crippen molar-refractivity contribution < 1.29 is 9.90 Å². The molecule has 1 N–H and O–H groups in total. The zero-order valence-corrected chi connectivity index (χ0v) is 15.7. The molecular formula is C20H42O2. The van der Waals surface area contributed by atoms with E-state index in [0.717, 1.165) is 12.8 Å². The van der Waals surface area contributed by atoms with Gasteiger partial charge in [-0.25, -0.2) is 0 Å². The first-order valence-electron chi connectivity index (χ1n) is 9.90. The minimum atomic E-state index is -0.670. The Bertz CT molecular complexity index is 192. The molecule has 0 aromatic rings. The molecule has 0 rings (SSSR count). The van der Waals surface area contributed by atoms with E-state index in [-0.39, 0.29) is 0 Å². The van der Waals surface area contributed by atoms with E-state index in [9.17, 15) is 4.79 Å². The molecule has 0 bridgehead atoms. The number of hydrogen-bond acceptors (Lipinski definition) is 1. The molecular weight excluding hydrogens is 272 g/mol. The Morgan fingerprint density at radius 1 is 0.545 bits per heavy atom. The monoisotopic (exact) mass is 314 g/mol. The van der Waals surface area contributed by atoms with Crippen LogP contribution in [0.15, 0.2) is 0 Å². The van der Waals surface area contributed by atoms with E-state index >= 15 is 0 Å². The Morgan fingerprint density at radius 2 is 0.818 bits per heavy atom. The Morgan fingerprint density at radius 3 is 1.09 bits per heavy atom. The summed E-state index contributed by atoms with van der Waals surface area (Å²) in [6, 6.07) is 0. The largest absolute Gasteiger partial charge is 0.481 e. The second kappa shape index (κ2) is 22.7. The maximum atomic E-state index is 10.0. The van der Waals surface area contributed by atoms with Crippen LogP contribution < -0.4 is 0 Å². The number of carbonyl (C=O) groups is 1. The number of aliphatic carboxylic acids is 1. The van der Waals surface area contributed by atoms with Crippen molar-refractivity contribution in [2.24, 2.45) is 0 Å². The molecule has 22 heavy (non-hydrogen) atoms. The lowest BCUT2D eigenvalue weighted by molar-refractivity contribution is -0.137. The second-order valence-corrected chi connectivity index (χ2v) is 6.39. The molecule has 0 saturated carbocycles. The smallest absolute Gasteiger partial charge is 0.303 e. The lowest BCUT2D eigenvalue weighted by Gasteiger charge is -1.99. The van der Waals surface area contributed by atoms with Crippen molar-refractivity contribution in [1.82, 2.24) is 0 Å². The maximum Gasteiger partial charge on any atom is 0.303 e. The van der Waals surface area contributed by atoms with Crippen LogP contribution in [0.4, 0.5) is 0 Å². The molecule has 0 aromatic heterocycles. The van der Waals surface area contributed by atoms with Gasteiger partial charge in [0.25, 0.3) is 0 Å². The molecule has 2 heteroatoms.